The zero-order valence-electron chi connectivity index (χ0n) is 8.72. The lowest BCUT2D eigenvalue weighted by molar-refractivity contribution is 1.23. The number of anilines is 2. The van der Waals surface area contributed by atoms with Crippen molar-refractivity contribution in [2.24, 2.45) is 0 Å². The van der Waals surface area contributed by atoms with Gasteiger partial charge >= 0.3 is 0 Å². The number of thiophene rings is 1. The van der Waals surface area contributed by atoms with E-state index in [2.05, 4.69) is 15.3 Å². The Labute approximate surface area is 107 Å². The van der Waals surface area contributed by atoms with E-state index in [1.165, 1.54) is 0 Å². The van der Waals surface area contributed by atoms with Crippen LogP contribution in [-0.2, 0) is 0 Å². The Kier molecular flexibility index (Phi) is 2.66. The molecule has 3 aromatic rings. The van der Waals surface area contributed by atoms with E-state index in [4.69, 9.17) is 11.6 Å². The van der Waals surface area contributed by atoms with Crippen LogP contribution in [0.2, 0.25) is 5.02 Å². The molecule has 0 atom stereocenters. The fourth-order valence-electron chi connectivity index (χ4n) is 1.58. The van der Waals surface area contributed by atoms with Crippen LogP contribution in [0, 0.1) is 0 Å². The van der Waals surface area contributed by atoms with E-state index in [1.807, 2.05) is 35.7 Å². The van der Waals surface area contributed by atoms with Crippen LogP contribution in [-0.4, -0.2) is 9.97 Å². The number of rotatable bonds is 2. The molecule has 17 heavy (non-hydrogen) atoms. The third kappa shape index (κ3) is 1.97. The molecule has 0 fully saturated rings. The summed E-state index contributed by atoms with van der Waals surface area (Å²) < 4.78 is 0. The maximum atomic E-state index is 6.10. The molecule has 0 radical (unpaired) electrons. The molecule has 1 aromatic carbocycles. The van der Waals surface area contributed by atoms with E-state index in [0.717, 1.165) is 21.7 Å². The molecule has 5 heteroatoms. The van der Waals surface area contributed by atoms with Crippen molar-refractivity contribution in [3.63, 3.8) is 0 Å². The van der Waals surface area contributed by atoms with Gasteiger partial charge in [-0.25, -0.2) is 9.97 Å². The Balaban J connectivity index is 2.06. The van der Waals surface area contributed by atoms with E-state index >= 15 is 0 Å². The molecule has 2 aromatic heterocycles. The van der Waals surface area contributed by atoms with E-state index in [0.29, 0.717) is 5.02 Å². The Morgan fingerprint density at radius 3 is 2.88 bits per heavy atom. The number of hydrogen-bond acceptors (Lipinski definition) is 4. The van der Waals surface area contributed by atoms with E-state index in [1.54, 1.807) is 17.7 Å². The van der Waals surface area contributed by atoms with E-state index < -0.39 is 0 Å². The van der Waals surface area contributed by atoms with Gasteiger partial charge in [-0.3, -0.25) is 0 Å². The highest BCUT2D eigenvalue weighted by Gasteiger charge is 2.06. The fraction of sp³-hybridized carbons (Fsp3) is 0. The fourth-order valence-corrected chi connectivity index (χ4v) is 2.50. The van der Waals surface area contributed by atoms with Crippen molar-refractivity contribution in [1.29, 1.82) is 0 Å². The Bertz CT molecular complexity index is 665. The van der Waals surface area contributed by atoms with Gasteiger partial charge in [-0.15, -0.1) is 11.3 Å². The summed E-state index contributed by atoms with van der Waals surface area (Å²) in [4.78, 5) is 9.41. The molecule has 3 nitrogen and oxygen atoms in total. The highest BCUT2D eigenvalue weighted by Crippen LogP contribution is 2.29. The third-order valence-corrected chi connectivity index (χ3v) is 3.54. The van der Waals surface area contributed by atoms with Crippen molar-refractivity contribution in [1.82, 2.24) is 9.97 Å². The van der Waals surface area contributed by atoms with Gasteiger partial charge in [-0.1, -0.05) is 23.7 Å². The molecule has 0 spiro atoms. The van der Waals surface area contributed by atoms with Crippen molar-refractivity contribution in [3.8, 4) is 0 Å². The van der Waals surface area contributed by atoms with Crippen molar-refractivity contribution >= 4 is 44.7 Å². The van der Waals surface area contributed by atoms with Crippen molar-refractivity contribution in [2.75, 3.05) is 5.32 Å². The molecule has 0 saturated carbocycles. The molecule has 0 saturated heterocycles. The zero-order chi connectivity index (χ0) is 11.7. The van der Waals surface area contributed by atoms with Gasteiger partial charge in [0, 0.05) is 0 Å². The third-order valence-electron chi connectivity index (χ3n) is 2.39. The topological polar surface area (TPSA) is 37.8 Å². The standard InChI is InChI=1S/C12H8ClN3S/c13-9-3-1-2-4-10(9)16-11-8-5-6-17-12(8)15-7-14-11/h1-7H,(H,14,15,16). The van der Waals surface area contributed by atoms with Gasteiger partial charge < -0.3 is 5.32 Å². The van der Waals surface area contributed by atoms with Gasteiger partial charge in [0.15, 0.2) is 0 Å². The number of fused-ring (bicyclic) bond motifs is 1. The van der Waals surface area contributed by atoms with Crippen LogP contribution in [0.3, 0.4) is 0 Å². The lowest BCUT2D eigenvalue weighted by atomic mass is 10.3. The SMILES string of the molecule is Clc1ccccc1Nc1ncnc2sccc12. The molecular weight excluding hydrogens is 254 g/mol. The van der Waals surface area contributed by atoms with Crippen LogP contribution in [0.25, 0.3) is 10.2 Å². The molecule has 0 amide bonds. The highest BCUT2D eigenvalue weighted by atomic mass is 35.5. The number of aromatic nitrogens is 2. The summed E-state index contributed by atoms with van der Waals surface area (Å²) in [7, 11) is 0. The molecule has 0 aliphatic heterocycles. The normalized spacial score (nSPS) is 10.6. The summed E-state index contributed by atoms with van der Waals surface area (Å²) in [5, 5.41) is 6.91. The monoisotopic (exact) mass is 261 g/mol. The van der Waals surface area contributed by atoms with Crippen LogP contribution >= 0.6 is 22.9 Å². The second kappa shape index (κ2) is 4.31. The largest absolute Gasteiger partial charge is 0.338 e. The van der Waals surface area contributed by atoms with Crippen LogP contribution in [0.1, 0.15) is 0 Å². The molecule has 0 unspecified atom stereocenters. The number of nitrogens with zero attached hydrogens (tertiary/aromatic N) is 2. The van der Waals surface area contributed by atoms with Crippen molar-refractivity contribution in [3.05, 3.63) is 47.1 Å². The number of halogens is 1. The lowest BCUT2D eigenvalue weighted by Crippen LogP contribution is -1.94. The van der Waals surface area contributed by atoms with Crippen molar-refractivity contribution in [2.45, 2.75) is 0 Å². The van der Waals surface area contributed by atoms with Gasteiger partial charge in [0.2, 0.25) is 0 Å². The number of para-hydroxylation sites is 1. The first-order chi connectivity index (χ1) is 8.34. The smallest absolute Gasteiger partial charge is 0.142 e. The summed E-state index contributed by atoms with van der Waals surface area (Å²) in [6.45, 7) is 0. The summed E-state index contributed by atoms with van der Waals surface area (Å²) in [5.74, 6) is 0.782. The van der Waals surface area contributed by atoms with Gasteiger partial charge in [0.25, 0.3) is 0 Å². The predicted molar refractivity (Wildman–Crippen MR) is 72.1 cm³/mol. The lowest BCUT2D eigenvalue weighted by Gasteiger charge is -2.07. The minimum atomic E-state index is 0.675. The van der Waals surface area contributed by atoms with Crippen LogP contribution in [0.15, 0.2) is 42.0 Å². The number of benzene rings is 1. The molecule has 2 heterocycles. The number of hydrogen-bond donors (Lipinski definition) is 1. The second-order valence-electron chi connectivity index (χ2n) is 3.47. The Morgan fingerprint density at radius 1 is 1.12 bits per heavy atom. The van der Waals surface area contributed by atoms with Gasteiger partial charge in [-0.2, -0.15) is 0 Å². The quantitative estimate of drug-likeness (QED) is 0.755. The van der Waals surface area contributed by atoms with Crippen molar-refractivity contribution < 1.29 is 0 Å². The maximum absolute atomic E-state index is 6.10. The summed E-state index contributed by atoms with van der Waals surface area (Å²) in [5.41, 5.74) is 0.848. The first kappa shape index (κ1) is 10.5. The van der Waals surface area contributed by atoms with Crippen LogP contribution in [0.5, 0.6) is 0 Å². The summed E-state index contributed by atoms with van der Waals surface area (Å²) in [6.07, 6.45) is 1.55. The molecular formula is C12H8ClN3S. The number of nitrogens with one attached hydrogen (secondary N) is 1. The molecule has 0 aliphatic carbocycles. The first-order valence-electron chi connectivity index (χ1n) is 5.04. The highest BCUT2D eigenvalue weighted by molar-refractivity contribution is 7.16. The molecule has 84 valence electrons. The van der Waals surface area contributed by atoms with E-state index in [9.17, 15) is 0 Å². The van der Waals surface area contributed by atoms with Gasteiger partial charge in [-0.05, 0) is 23.6 Å². The first-order valence-corrected chi connectivity index (χ1v) is 6.30. The van der Waals surface area contributed by atoms with E-state index in [-0.39, 0.29) is 0 Å². The zero-order valence-corrected chi connectivity index (χ0v) is 10.3. The van der Waals surface area contributed by atoms with Gasteiger partial charge in [0.1, 0.15) is 17.0 Å². The van der Waals surface area contributed by atoms with Gasteiger partial charge in [0.05, 0.1) is 16.1 Å². The predicted octanol–water partition coefficient (Wildman–Crippen LogP) is 4.09. The average Bonchev–Trinajstić information content (AvgIpc) is 2.81. The summed E-state index contributed by atoms with van der Waals surface area (Å²) >= 11 is 7.69. The molecule has 0 aliphatic rings. The minimum absolute atomic E-state index is 0.675. The van der Waals surface area contributed by atoms with Crippen LogP contribution < -0.4 is 5.32 Å². The molecule has 1 N–H and O–H groups in total. The van der Waals surface area contributed by atoms with Crippen LogP contribution in [0.4, 0.5) is 11.5 Å². The average molecular weight is 262 g/mol. The maximum Gasteiger partial charge on any atom is 0.142 e. The Morgan fingerprint density at radius 2 is 2.00 bits per heavy atom. The summed E-state index contributed by atoms with van der Waals surface area (Å²) in [6, 6.07) is 9.59. The Hall–Kier alpha value is -1.65. The second-order valence-corrected chi connectivity index (χ2v) is 4.77. The molecule has 0 bridgehead atoms. The molecule has 3 rings (SSSR count). The minimum Gasteiger partial charge on any atom is -0.338 e.